The van der Waals surface area contributed by atoms with E-state index in [1.807, 2.05) is 25.1 Å². The van der Waals surface area contributed by atoms with E-state index in [0.717, 1.165) is 30.3 Å². The van der Waals surface area contributed by atoms with Crippen molar-refractivity contribution in [2.24, 2.45) is 0 Å². The van der Waals surface area contributed by atoms with Crippen LogP contribution in [0.5, 0.6) is 0 Å². The Hall–Kier alpha value is -3.48. The highest BCUT2D eigenvalue weighted by atomic mass is 19.1. The summed E-state index contributed by atoms with van der Waals surface area (Å²) in [5.41, 5.74) is 2.72. The summed E-state index contributed by atoms with van der Waals surface area (Å²) in [7, 11) is 0. The smallest absolute Gasteiger partial charge is 0.255 e. The van der Waals surface area contributed by atoms with Gasteiger partial charge in [-0.25, -0.2) is 9.37 Å². The van der Waals surface area contributed by atoms with Crippen LogP contribution in [0.4, 0.5) is 27.5 Å². The number of carbonyl (C=O) groups excluding carboxylic acids is 1. The van der Waals surface area contributed by atoms with Crippen molar-refractivity contribution in [3.05, 3.63) is 71.7 Å². The summed E-state index contributed by atoms with van der Waals surface area (Å²) in [6.07, 6.45) is 0. The van der Waals surface area contributed by atoms with Crippen molar-refractivity contribution in [2.75, 3.05) is 28.6 Å². The van der Waals surface area contributed by atoms with E-state index in [4.69, 9.17) is 0 Å². The lowest BCUT2D eigenvalue weighted by Crippen LogP contribution is -2.23. The van der Waals surface area contributed by atoms with Gasteiger partial charge in [-0.05, 0) is 69.3 Å². The summed E-state index contributed by atoms with van der Waals surface area (Å²) in [5, 5.41) is 5.99. The van der Waals surface area contributed by atoms with Crippen LogP contribution >= 0.6 is 0 Å². The van der Waals surface area contributed by atoms with Crippen molar-refractivity contribution >= 4 is 29.0 Å². The third-order valence-electron chi connectivity index (χ3n) is 4.43. The van der Waals surface area contributed by atoms with Crippen LogP contribution in [-0.4, -0.2) is 29.0 Å². The summed E-state index contributed by atoms with van der Waals surface area (Å²) in [6, 6.07) is 14.6. The minimum Gasteiger partial charge on any atom is -0.357 e. The monoisotopic (exact) mass is 393 g/mol. The predicted molar refractivity (Wildman–Crippen MR) is 114 cm³/mol. The van der Waals surface area contributed by atoms with Crippen LogP contribution in [0.1, 0.15) is 29.9 Å². The Morgan fingerprint density at radius 3 is 2.21 bits per heavy atom. The number of rotatable bonds is 7. The predicted octanol–water partition coefficient (Wildman–Crippen LogP) is 4.77. The Labute approximate surface area is 169 Å². The summed E-state index contributed by atoms with van der Waals surface area (Å²) in [6.45, 7) is 7.86. The van der Waals surface area contributed by atoms with E-state index in [1.165, 1.54) is 24.3 Å². The van der Waals surface area contributed by atoms with Gasteiger partial charge in [0, 0.05) is 41.8 Å². The summed E-state index contributed by atoms with van der Waals surface area (Å²) in [5.74, 6) is 0.735. The van der Waals surface area contributed by atoms with E-state index >= 15 is 0 Å². The zero-order chi connectivity index (χ0) is 20.8. The van der Waals surface area contributed by atoms with Gasteiger partial charge >= 0.3 is 0 Å². The van der Waals surface area contributed by atoms with E-state index in [2.05, 4.69) is 39.3 Å². The van der Waals surface area contributed by atoms with Crippen LogP contribution in [-0.2, 0) is 0 Å². The molecule has 0 unspecified atom stereocenters. The maximum absolute atomic E-state index is 13.0. The topological polar surface area (TPSA) is 70.2 Å². The van der Waals surface area contributed by atoms with Crippen molar-refractivity contribution in [3.63, 3.8) is 0 Å². The first-order chi connectivity index (χ1) is 14.0. The molecule has 1 aromatic heterocycles. The van der Waals surface area contributed by atoms with Crippen molar-refractivity contribution < 1.29 is 9.18 Å². The molecule has 0 aliphatic rings. The number of carbonyl (C=O) groups is 1. The maximum atomic E-state index is 13.0. The normalized spacial score (nSPS) is 10.5. The molecule has 0 atom stereocenters. The van der Waals surface area contributed by atoms with E-state index in [0.29, 0.717) is 17.2 Å². The molecule has 150 valence electrons. The third kappa shape index (κ3) is 5.28. The zero-order valence-electron chi connectivity index (χ0n) is 16.7. The van der Waals surface area contributed by atoms with Gasteiger partial charge in [-0.15, -0.1) is 0 Å². The number of nitrogens with zero attached hydrogens (tertiary/aromatic N) is 3. The van der Waals surface area contributed by atoms with Gasteiger partial charge in [0.25, 0.3) is 5.91 Å². The molecule has 0 aliphatic carbocycles. The standard InChI is InChI=1S/C22H24FN5O/c1-4-28(5-2)20-14-15(3)24-22(27-20)26-19-12-10-18(11-13-19)25-21(29)16-6-8-17(23)9-7-16/h6-14H,4-5H2,1-3H3,(H,25,29)(H,24,26,27). The molecule has 3 aromatic rings. The number of halogens is 1. The lowest BCUT2D eigenvalue weighted by Gasteiger charge is -2.20. The molecule has 2 aromatic carbocycles. The molecule has 0 aliphatic heterocycles. The molecule has 1 heterocycles. The van der Waals surface area contributed by atoms with Crippen LogP contribution in [0, 0.1) is 12.7 Å². The minimum absolute atomic E-state index is 0.295. The van der Waals surface area contributed by atoms with Crippen LogP contribution in [0.15, 0.2) is 54.6 Å². The molecule has 1 amide bonds. The molecule has 3 rings (SSSR count). The van der Waals surface area contributed by atoms with Crippen LogP contribution in [0.25, 0.3) is 0 Å². The van der Waals surface area contributed by atoms with Gasteiger partial charge in [-0.2, -0.15) is 4.98 Å². The van der Waals surface area contributed by atoms with Crippen LogP contribution in [0.3, 0.4) is 0 Å². The first kappa shape index (κ1) is 20.3. The van der Waals surface area contributed by atoms with E-state index in [1.54, 1.807) is 12.1 Å². The van der Waals surface area contributed by atoms with E-state index in [-0.39, 0.29) is 11.7 Å². The number of amides is 1. The Morgan fingerprint density at radius 1 is 0.966 bits per heavy atom. The number of hydrogen-bond acceptors (Lipinski definition) is 5. The Kier molecular flexibility index (Phi) is 6.39. The van der Waals surface area contributed by atoms with E-state index in [9.17, 15) is 9.18 Å². The quantitative estimate of drug-likeness (QED) is 0.605. The number of benzene rings is 2. The fraction of sp³-hybridized carbons (Fsp3) is 0.227. The molecule has 7 heteroatoms. The summed E-state index contributed by atoms with van der Waals surface area (Å²) < 4.78 is 13.0. The fourth-order valence-electron chi connectivity index (χ4n) is 2.89. The fourth-order valence-corrected chi connectivity index (χ4v) is 2.89. The molecule has 0 saturated heterocycles. The molecular weight excluding hydrogens is 369 g/mol. The molecule has 0 saturated carbocycles. The second kappa shape index (κ2) is 9.14. The molecule has 0 radical (unpaired) electrons. The molecule has 6 nitrogen and oxygen atoms in total. The van der Waals surface area contributed by atoms with Gasteiger partial charge in [0.2, 0.25) is 5.95 Å². The molecule has 0 bridgehead atoms. The van der Waals surface area contributed by atoms with Crippen LogP contribution < -0.4 is 15.5 Å². The Balaban J connectivity index is 1.69. The number of aromatic nitrogens is 2. The average molecular weight is 393 g/mol. The second-order valence-electron chi connectivity index (χ2n) is 6.53. The molecule has 0 fully saturated rings. The Bertz CT molecular complexity index is 969. The van der Waals surface area contributed by atoms with Gasteiger partial charge in [0.05, 0.1) is 0 Å². The van der Waals surface area contributed by atoms with Crippen molar-refractivity contribution in [3.8, 4) is 0 Å². The van der Waals surface area contributed by atoms with Gasteiger partial charge < -0.3 is 15.5 Å². The lowest BCUT2D eigenvalue weighted by molar-refractivity contribution is 0.102. The number of aryl methyl sites for hydroxylation is 1. The van der Waals surface area contributed by atoms with Crippen molar-refractivity contribution in [1.29, 1.82) is 0 Å². The zero-order valence-corrected chi connectivity index (χ0v) is 16.7. The maximum Gasteiger partial charge on any atom is 0.255 e. The third-order valence-corrected chi connectivity index (χ3v) is 4.43. The van der Waals surface area contributed by atoms with Crippen LogP contribution in [0.2, 0.25) is 0 Å². The van der Waals surface area contributed by atoms with Gasteiger partial charge in [-0.1, -0.05) is 0 Å². The Morgan fingerprint density at radius 2 is 1.59 bits per heavy atom. The van der Waals surface area contributed by atoms with Gasteiger partial charge in [0.1, 0.15) is 11.6 Å². The first-order valence-electron chi connectivity index (χ1n) is 9.53. The number of anilines is 4. The molecule has 2 N–H and O–H groups in total. The lowest BCUT2D eigenvalue weighted by atomic mass is 10.2. The highest BCUT2D eigenvalue weighted by molar-refractivity contribution is 6.04. The SMILES string of the molecule is CCN(CC)c1cc(C)nc(Nc2ccc(NC(=O)c3ccc(F)cc3)cc2)n1. The highest BCUT2D eigenvalue weighted by Gasteiger charge is 2.09. The average Bonchev–Trinajstić information content (AvgIpc) is 2.70. The molecular formula is C22H24FN5O. The highest BCUT2D eigenvalue weighted by Crippen LogP contribution is 2.20. The molecule has 29 heavy (non-hydrogen) atoms. The molecule has 0 spiro atoms. The summed E-state index contributed by atoms with van der Waals surface area (Å²) >= 11 is 0. The first-order valence-corrected chi connectivity index (χ1v) is 9.53. The largest absolute Gasteiger partial charge is 0.357 e. The van der Waals surface area contributed by atoms with Gasteiger partial charge in [-0.3, -0.25) is 4.79 Å². The minimum atomic E-state index is -0.375. The second-order valence-corrected chi connectivity index (χ2v) is 6.53. The van der Waals surface area contributed by atoms with Crippen molar-refractivity contribution in [2.45, 2.75) is 20.8 Å². The summed E-state index contributed by atoms with van der Waals surface area (Å²) in [4.78, 5) is 23.4. The van der Waals surface area contributed by atoms with E-state index < -0.39 is 0 Å². The number of hydrogen-bond donors (Lipinski definition) is 2. The van der Waals surface area contributed by atoms with Gasteiger partial charge in [0.15, 0.2) is 0 Å². The number of nitrogens with one attached hydrogen (secondary N) is 2. The van der Waals surface area contributed by atoms with Crippen molar-refractivity contribution in [1.82, 2.24) is 9.97 Å².